The van der Waals surface area contributed by atoms with Crippen molar-refractivity contribution >= 4 is 23.3 Å². The van der Waals surface area contributed by atoms with Crippen molar-refractivity contribution in [3.8, 4) is 5.75 Å². The van der Waals surface area contributed by atoms with Gasteiger partial charge in [-0.15, -0.1) is 0 Å². The van der Waals surface area contributed by atoms with Gasteiger partial charge in [0.25, 0.3) is 0 Å². The molecule has 1 aromatic carbocycles. The van der Waals surface area contributed by atoms with Crippen LogP contribution in [0.4, 0.5) is 19.3 Å². The molecule has 2 amide bonds. The topological polar surface area (TPSA) is 50.4 Å². The second kappa shape index (κ2) is 7.45. The van der Waals surface area contributed by atoms with Crippen LogP contribution in [-0.4, -0.2) is 18.7 Å². The summed E-state index contributed by atoms with van der Waals surface area (Å²) >= 11 is 5.82. The number of rotatable bonds is 4. The highest BCUT2D eigenvalue weighted by Crippen LogP contribution is 2.29. The number of benzene rings is 1. The Bertz CT molecular complexity index is 494. The molecule has 0 radical (unpaired) electrons. The molecule has 0 aromatic heterocycles. The van der Waals surface area contributed by atoms with E-state index in [0.29, 0.717) is 5.69 Å². The summed E-state index contributed by atoms with van der Waals surface area (Å²) in [6.07, 6.45) is 5.42. The minimum absolute atomic E-state index is 0.0192. The lowest BCUT2D eigenvalue weighted by Gasteiger charge is -2.22. The maximum absolute atomic E-state index is 12.1. The van der Waals surface area contributed by atoms with E-state index in [0.717, 1.165) is 25.7 Å². The number of amides is 2. The smallest absolute Gasteiger partial charge is 0.387 e. The van der Waals surface area contributed by atoms with Crippen LogP contribution in [0.5, 0.6) is 5.75 Å². The normalized spacial score (nSPS) is 15.8. The summed E-state index contributed by atoms with van der Waals surface area (Å²) in [5.41, 5.74) is 0.426. The van der Waals surface area contributed by atoms with Gasteiger partial charge < -0.3 is 15.4 Å². The van der Waals surface area contributed by atoms with Crippen molar-refractivity contribution in [2.75, 3.05) is 5.32 Å². The van der Waals surface area contributed by atoms with Gasteiger partial charge in [-0.2, -0.15) is 8.78 Å². The standard InChI is InChI=1S/C14H17ClF2N2O2/c15-11-8-10(6-7-12(11)21-13(16)17)19-14(20)18-9-4-2-1-3-5-9/h6-9,13H,1-5H2,(H2,18,19,20). The number of hydrogen-bond donors (Lipinski definition) is 2. The molecule has 2 N–H and O–H groups in total. The predicted molar refractivity (Wildman–Crippen MR) is 77.1 cm³/mol. The number of alkyl halides is 2. The maximum Gasteiger partial charge on any atom is 0.387 e. The van der Waals surface area contributed by atoms with E-state index in [1.807, 2.05) is 0 Å². The molecule has 1 aliphatic carbocycles. The first-order chi connectivity index (χ1) is 10.0. The molecule has 0 aliphatic heterocycles. The van der Waals surface area contributed by atoms with E-state index in [1.165, 1.54) is 24.6 Å². The van der Waals surface area contributed by atoms with Gasteiger partial charge in [0.15, 0.2) is 0 Å². The van der Waals surface area contributed by atoms with Crippen molar-refractivity contribution in [3.05, 3.63) is 23.2 Å². The Morgan fingerprint density at radius 1 is 1.29 bits per heavy atom. The minimum atomic E-state index is -2.93. The van der Waals surface area contributed by atoms with Crippen LogP contribution in [0.25, 0.3) is 0 Å². The zero-order valence-corrected chi connectivity index (χ0v) is 12.1. The van der Waals surface area contributed by atoms with E-state index < -0.39 is 6.61 Å². The van der Waals surface area contributed by atoms with E-state index >= 15 is 0 Å². The van der Waals surface area contributed by atoms with Gasteiger partial charge in [0.2, 0.25) is 0 Å². The Labute approximate surface area is 126 Å². The number of nitrogens with one attached hydrogen (secondary N) is 2. The van der Waals surface area contributed by atoms with Gasteiger partial charge in [-0.3, -0.25) is 0 Å². The molecule has 0 heterocycles. The molecule has 1 aliphatic rings. The molecule has 116 valence electrons. The van der Waals surface area contributed by atoms with Crippen LogP contribution in [0.15, 0.2) is 18.2 Å². The fourth-order valence-electron chi connectivity index (χ4n) is 2.37. The highest BCUT2D eigenvalue weighted by atomic mass is 35.5. The lowest BCUT2D eigenvalue weighted by Crippen LogP contribution is -2.39. The summed E-state index contributed by atoms with van der Waals surface area (Å²) in [6.45, 7) is -2.93. The Balaban J connectivity index is 1.89. The molecule has 7 heteroatoms. The van der Waals surface area contributed by atoms with Crippen LogP contribution in [0.1, 0.15) is 32.1 Å². The average molecular weight is 319 g/mol. The van der Waals surface area contributed by atoms with Crippen molar-refractivity contribution in [2.24, 2.45) is 0 Å². The largest absolute Gasteiger partial charge is 0.433 e. The monoisotopic (exact) mass is 318 g/mol. The van der Waals surface area contributed by atoms with Gasteiger partial charge in [-0.1, -0.05) is 30.9 Å². The highest BCUT2D eigenvalue weighted by Gasteiger charge is 2.16. The first kappa shape index (κ1) is 15.8. The van der Waals surface area contributed by atoms with Crippen LogP contribution < -0.4 is 15.4 Å². The molecular formula is C14H17ClF2N2O2. The molecule has 0 unspecified atom stereocenters. The van der Waals surface area contributed by atoms with Gasteiger partial charge in [-0.25, -0.2) is 4.79 Å². The van der Waals surface area contributed by atoms with Gasteiger partial charge in [-0.05, 0) is 31.0 Å². The Kier molecular flexibility index (Phi) is 5.61. The maximum atomic E-state index is 12.1. The molecule has 21 heavy (non-hydrogen) atoms. The van der Waals surface area contributed by atoms with E-state index in [-0.39, 0.29) is 22.8 Å². The van der Waals surface area contributed by atoms with Crippen molar-refractivity contribution in [3.63, 3.8) is 0 Å². The summed E-state index contributed by atoms with van der Waals surface area (Å²) < 4.78 is 28.5. The van der Waals surface area contributed by atoms with Crippen LogP contribution >= 0.6 is 11.6 Å². The summed E-state index contributed by atoms with van der Waals surface area (Å²) in [6, 6.07) is 4.00. The number of halogens is 3. The fourth-order valence-corrected chi connectivity index (χ4v) is 2.59. The number of ether oxygens (including phenoxy) is 1. The average Bonchev–Trinajstić information content (AvgIpc) is 2.42. The van der Waals surface area contributed by atoms with E-state index in [4.69, 9.17) is 11.6 Å². The van der Waals surface area contributed by atoms with Crippen molar-refractivity contribution in [2.45, 2.75) is 44.8 Å². The predicted octanol–water partition coefficient (Wildman–Crippen LogP) is 4.40. The molecular weight excluding hydrogens is 302 g/mol. The van der Waals surface area contributed by atoms with Crippen LogP contribution in [0.2, 0.25) is 5.02 Å². The quantitative estimate of drug-likeness (QED) is 0.864. The molecule has 0 atom stereocenters. The third kappa shape index (κ3) is 5.04. The Morgan fingerprint density at radius 3 is 2.62 bits per heavy atom. The highest BCUT2D eigenvalue weighted by molar-refractivity contribution is 6.32. The summed E-state index contributed by atoms with van der Waals surface area (Å²) in [4.78, 5) is 11.8. The second-order valence-corrected chi connectivity index (χ2v) is 5.36. The van der Waals surface area contributed by atoms with E-state index in [2.05, 4.69) is 15.4 Å². The third-order valence-corrected chi connectivity index (χ3v) is 3.64. The van der Waals surface area contributed by atoms with E-state index in [1.54, 1.807) is 0 Å². The zero-order valence-electron chi connectivity index (χ0n) is 11.4. The Morgan fingerprint density at radius 2 is 2.00 bits per heavy atom. The lowest BCUT2D eigenvalue weighted by molar-refractivity contribution is -0.0497. The fraction of sp³-hybridized carbons (Fsp3) is 0.500. The van der Waals surface area contributed by atoms with Gasteiger partial charge in [0, 0.05) is 11.7 Å². The van der Waals surface area contributed by atoms with Crippen molar-refractivity contribution < 1.29 is 18.3 Å². The van der Waals surface area contributed by atoms with Gasteiger partial charge >= 0.3 is 12.6 Å². The van der Waals surface area contributed by atoms with Gasteiger partial charge in [0.1, 0.15) is 5.75 Å². The number of anilines is 1. The summed E-state index contributed by atoms with van der Waals surface area (Å²) in [7, 11) is 0. The molecule has 2 rings (SSSR count). The molecule has 0 bridgehead atoms. The number of urea groups is 1. The van der Waals surface area contributed by atoms with Gasteiger partial charge in [0.05, 0.1) is 5.02 Å². The first-order valence-electron chi connectivity index (χ1n) is 6.86. The third-order valence-electron chi connectivity index (χ3n) is 3.35. The SMILES string of the molecule is O=C(Nc1ccc(OC(F)F)c(Cl)c1)NC1CCCCC1. The van der Waals surface area contributed by atoms with E-state index in [9.17, 15) is 13.6 Å². The van der Waals surface area contributed by atoms with Crippen molar-refractivity contribution in [1.82, 2.24) is 5.32 Å². The summed E-state index contributed by atoms with van der Waals surface area (Å²) in [5.74, 6) is -0.120. The zero-order chi connectivity index (χ0) is 15.2. The van der Waals surface area contributed by atoms with Crippen LogP contribution in [0, 0.1) is 0 Å². The minimum Gasteiger partial charge on any atom is -0.433 e. The molecule has 4 nitrogen and oxygen atoms in total. The number of carbonyl (C=O) groups excluding carboxylic acids is 1. The molecule has 0 spiro atoms. The summed E-state index contributed by atoms with van der Waals surface area (Å²) in [5, 5.41) is 5.54. The van der Waals surface area contributed by atoms with Crippen LogP contribution in [-0.2, 0) is 0 Å². The van der Waals surface area contributed by atoms with Crippen LogP contribution in [0.3, 0.4) is 0 Å². The number of carbonyl (C=O) groups is 1. The molecule has 0 saturated heterocycles. The first-order valence-corrected chi connectivity index (χ1v) is 7.24. The second-order valence-electron chi connectivity index (χ2n) is 4.96. The molecule has 1 fully saturated rings. The van der Waals surface area contributed by atoms with Crippen molar-refractivity contribution in [1.29, 1.82) is 0 Å². The molecule has 1 saturated carbocycles. The molecule has 1 aromatic rings. The lowest BCUT2D eigenvalue weighted by atomic mass is 9.96. The Hall–Kier alpha value is -1.56. The number of hydrogen-bond acceptors (Lipinski definition) is 2.